The number of hydrogen-bond acceptors (Lipinski definition) is 3. The van der Waals surface area contributed by atoms with Crippen molar-refractivity contribution in [1.29, 1.82) is 0 Å². The summed E-state index contributed by atoms with van der Waals surface area (Å²) >= 11 is 0. The van der Waals surface area contributed by atoms with Crippen LogP contribution in [0.3, 0.4) is 0 Å². The topological polar surface area (TPSA) is 64.1 Å². The van der Waals surface area contributed by atoms with Crippen molar-refractivity contribution in [1.82, 2.24) is 9.78 Å². The van der Waals surface area contributed by atoms with Crippen LogP contribution in [-0.4, -0.2) is 14.9 Å². The normalized spacial score (nSPS) is 10.5. The molecule has 2 rings (SSSR count). The molecular formula is C11H13N3O. The zero-order chi connectivity index (χ0) is 10.8. The summed E-state index contributed by atoms with van der Waals surface area (Å²) in [6, 6.07) is 8.94. The molecule has 0 aliphatic rings. The fourth-order valence-corrected chi connectivity index (χ4v) is 1.50. The van der Waals surface area contributed by atoms with Gasteiger partial charge in [-0.25, -0.2) is 0 Å². The van der Waals surface area contributed by atoms with Crippen molar-refractivity contribution in [2.45, 2.75) is 6.54 Å². The number of aryl methyl sites for hydroxylation is 1. The highest BCUT2D eigenvalue weighted by atomic mass is 16.3. The maximum absolute atomic E-state index is 9.35. The van der Waals surface area contributed by atoms with Gasteiger partial charge in [-0.2, -0.15) is 5.10 Å². The van der Waals surface area contributed by atoms with E-state index in [0.29, 0.717) is 6.54 Å². The molecule has 4 nitrogen and oxygen atoms in total. The van der Waals surface area contributed by atoms with E-state index in [1.165, 1.54) is 0 Å². The van der Waals surface area contributed by atoms with Crippen LogP contribution in [0.1, 0.15) is 5.69 Å². The van der Waals surface area contributed by atoms with E-state index < -0.39 is 0 Å². The maximum atomic E-state index is 9.35. The zero-order valence-electron chi connectivity index (χ0n) is 8.51. The van der Waals surface area contributed by atoms with Gasteiger partial charge in [-0.15, -0.1) is 0 Å². The minimum absolute atomic E-state index is 0.243. The van der Waals surface area contributed by atoms with Gasteiger partial charge in [0.05, 0.1) is 11.4 Å². The van der Waals surface area contributed by atoms with Gasteiger partial charge in [0.15, 0.2) is 0 Å². The average Bonchev–Trinajstić information content (AvgIpc) is 2.60. The third-order valence-corrected chi connectivity index (χ3v) is 2.33. The van der Waals surface area contributed by atoms with Crippen molar-refractivity contribution in [3.05, 3.63) is 36.0 Å². The van der Waals surface area contributed by atoms with Gasteiger partial charge >= 0.3 is 0 Å². The number of nitrogens with two attached hydrogens (primary N) is 1. The first-order chi connectivity index (χ1) is 7.20. The zero-order valence-corrected chi connectivity index (χ0v) is 8.51. The molecule has 0 aliphatic carbocycles. The molecule has 0 unspecified atom stereocenters. The molecule has 1 aromatic heterocycles. The number of phenolic OH excluding ortho intramolecular Hbond substituents is 1. The summed E-state index contributed by atoms with van der Waals surface area (Å²) in [6.07, 6.45) is 0. The third kappa shape index (κ3) is 1.85. The Hall–Kier alpha value is -1.81. The molecule has 0 spiro atoms. The van der Waals surface area contributed by atoms with Crippen molar-refractivity contribution in [3.8, 4) is 17.0 Å². The quantitative estimate of drug-likeness (QED) is 0.772. The average molecular weight is 203 g/mol. The van der Waals surface area contributed by atoms with Gasteiger partial charge in [0.2, 0.25) is 0 Å². The molecule has 78 valence electrons. The molecule has 1 aromatic carbocycles. The fourth-order valence-electron chi connectivity index (χ4n) is 1.50. The van der Waals surface area contributed by atoms with E-state index >= 15 is 0 Å². The first-order valence-corrected chi connectivity index (χ1v) is 4.73. The summed E-state index contributed by atoms with van der Waals surface area (Å²) in [5, 5.41) is 13.7. The van der Waals surface area contributed by atoms with Crippen molar-refractivity contribution in [3.63, 3.8) is 0 Å². The van der Waals surface area contributed by atoms with Crippen LogP contribution in [0.2, 0.25) is 0 Å². The minimum Gasteiger partial charge on any atom is -0.508 e. The first-order valence-electron chi connectivity index (χ1n) is 4.73. The van der Waals surface area contributed by atoms with Gasteiger partial charge in [0.25, 0.3) is 0 Å². The van der Waals surface area contributed by atoms with Gasteiger partial charge in [-0.3, -0.25) is 4.68 Å². The highest BCUT2D eigenvalue weighted by molar-refractivity contribution is 5.61. The Balaban J connectivity index is 2.45. The number of phenols is 1. The Kier molecular flexibility index (Phi) is 2.43. The van der Waals surface area contributed by atoms with E-state index in [2.05, 4.69) is 5.10 Å². The summed E-state index contributed by atoms with van der Waals surface area (Å²) < 4.78 is 1.75. The summed E-state index contributed by atoms with van der Waals surface area (Å²) in [4.78, 5) is 0. The fraction of sp³-hybridized carbons (Fsp3) is 0.182. The maximum Gasteiger partial charge on any atom is 0.116 e. The molecule has 0 saturated carbocycles. The Bertz CT molecular complexity index is 476. The van der Waals surface area contributed by atoms with E-state index in [-0.39, 0.29) is 5.75 Å². The molecule has 4 heteroatoms. The van der Waals surface area contributed by atoms with Gasteiger partial charge in [-0.1, -0.05) is 12.1 Å². The van der Waals surface area contributed by atoms with E-state index in [0.717, 1.165) is 17.0 Å². The lowest BCUT2D eigenvalue weighted by atomic mass is 10.1. The Morgan fingerprint density at radius 3 is 2.80 bits per heavy atom. The smallest absolute Gasteiger partial charge is 0.116 e. The van der Waals surface area contributed by atoms with E-state index in [1.807, 2.05) is 19.2 Å². The highest BCUT2D eigenvalue weighted by Gasteiger charge is 2.05. The summed E-state index contributed by atoms with van der Waals surface area (Å²) in [6.45, 7) is 0.461. The predicted octanol–water partition coefficient (Wildman–Crippen LogP) is 1.25. The SMILES string of the molecule is Cn1nc(-c2cccc(O)c2)cc1CN. The van der Waals surface area contributed by atoms with E-state index in [9.17, 15) is 5.11 Å². The largest absolute Gasteiger partial charge is 0.508 e. The highest BCUT2D eigenvalue weighted by Crippen LogP contribution is 2.22. The summed E-state index contributed by atoms with van der Waals surface area (Å²) in [7, 11) is 1.86. The van der Waals surface area contributed by atoms with Crippen LogP contribution in [0, 0.1) is 0 Å². The predicted molar refractivity (Wildman–Crippen MR) is 58.2 cm³/mol. The lowest BCUT2D eigenvalue weighted by Gasteiger charge is -1.96. The number of hydrogen-bond donors (Lipinski definition) is 2. The summed E-state index contributed by atoms with van der Waals surface area (Å²) in [5.41, 5.74) is 8.25. The first kappa shape index (κ1) is 9.73. The second-order valence-electron chi connectivity index (χ2n) is 3.40. The Labute approximate surface area is 88.0 Å². The molecule has 3 N–H and O–H groups in total. The summed E-state index contributed by atoms with van der Waals surface area (Å²) in [5.74, 6) is 0.243. The van der Waals surface area contributed by atoms with Crippen LogP contribution in [0.4, 0.5) is 0 Å². The molecule has 2 aromatic rings. The van der Waals surface area contributed by atoms with Gasteiger partial charge in [-0.05, 0) is 18.2 Å². The minimum atomic E-state index is 0.243. The molecule has 15 heavy (non-hydrogen) atoms. The van der Waals surface area contributed by atoms with E-state index in [1.54, 1.807) is 22.9 Å². The number of nitrogens with zero attached hydrogens (tertiary/aromatic N) is 2. The Morgan fingerprint density at radius 1 is 1.40 bits per heavy atom. The molecule has 0 radical (unpaired) electrons. The molecule has 0 aliphatic heterocycles. The van der Waals surface area contributed by atoms with Crippen LogP contribution < -0.4 is 5.73 Å². The monoisotopic (exact) mass is 203 g/mol. The standard InChI is InChI=1S/C11H13N3O/c1-14-9(7-12)6-11(13-14)8-3-2-4-10(15)5-8/h2-6,15H,7,12H2,1H3. The van der Waals surface area contributed by atoms with Gasteiger partial charge < -0.3 is 10.8 Å². The van der Waals surface area contributed by atoms with Crippen LogP contribution in [0.5, 0.6) is 5.75 Å². The second-order valence-corrected chi connectivity index (χ2v) is 3.40. The molecule has 0 amide bonds. The molecule has 0 fully saturated rings. The van der Waals surface area contributed by atoms with Gasteiger partial charge in [0.1, 0.15) is 5.75 Å². The number of rotatable bonds is 2. The van der Waals surface area contributed by atoms with E-state index in [4.69, 9.17) is 5.73 Å². The van der Waals surface area contributed by atoms with Gasteiger partial charge in [0, 0.05) is 19.2 Å². The second kappa shape index (κ2) is 3.74. The molecular weight excluding hydrogens is 190 g/mol. The lowest BCUT2D eigenvalue weighted by Crippen LogP contribution is -2.03. The molecule has 0 atom stereocenters. The number of benzene rings is 1. The van der Waals surface area contributed by atoms with Crippen LogP contribution in [0.15, 0.2) is 30.3 Å². The number of aromatic nitrogens is 2. The van der Waals surface area contributed by atoms with Crippen molar-refractivity contribution >= 4 is 0 Å². The lowest BCUT2D eigenvalue weighted by molar-refractivity contribution is 0.475. The Morgan fingerprint density at radius 2 is 2.20 bits per heavy atom. The van der Waals surface area contributed by atoms with Crippen LogP contribution in [-0.2, 0) is 13.6 Å². The van der Waals surface area contributed by atoms with Crippen molar-refractivity contribution in [2.75, 3.05) is 0 Å². The molecule has 0 saturated heterocycles. The third-order valence-electron chi connectivity index (χ3n) is 2.33. The molecule has 1 heterocycles. The van der Waals surface area contributed by atoms with Crippen molar-refractivity contribution < 1.29 is 5.11 Å². The van der Waals surface area contributed by atoms with Crippen molar-refractivity contribution in [2.24, 2.45) is 12.8 Å². The van der Waals surface area contributed by atoms with Crippen LogP contribution in [0.25, 0.3) is 11.3 Å². The van der Waals surface area contributed by atoms with Crippen LogP contribution >= 0.6 is 0 Å². The molecule has 0 bridgehead atoms. The number of aromatic hydroxyl groups is 1.